The predicted molar refractivity (Wildman–Crippen MR) is 73.6 cm³/mol. The Morgan fingerprint density at radius 1 is 1.47 bits per heavy atom. The Morgan fingerprint density at radius 2 is 2.32 bits per heavy atom. The highest BCUT2D eigenvalue weighted by Gasteiger charge is 2.32. The van der Waals surface area contributed by atoms with Crippen LogP contribution in [-0.4, -0.2) is 48.9 Å². The topological polar surface area (TPSA) is 61.4 Å². The molecule has 5 nitrogen and oxygen atoms in total. The zero-order valence-corrected chi connectivity index (χ0v) is 11.8. The molecule has 0 aromatic rings. The number of hydrogen-bond donors (Lipinski definition) is 2. The molecule has 2 unspecified atom stereocenters. The van der Waals surface area contributed by atoms with Crippen molar-refractivity contribution in [1.82, 2.24) is 15.5 Å². The van der Waals surface area contributed by atoms with Crippen LogP contribution < -0.4 is 10.6 Å². The third kappa shape index (κ3) is 3.93. The van der Waals surface area contributed by atoms with Crippen molar-refractivity contribution in [3.05, 3.63) is 0 Å². The molecule has 0 aromatic carbocycles. The molecule has 2 saturated heterocycles. The molecule has 2 aliphatic heterocycles. The van der Waals surface area contributed by atoms with Gasteiger partial charge in [0.15, 0.2) is 0 Å². The first-order valence-corrected chi connectivity index (χ1v) is 7.49. The zero-order valence-electron chi connectivity index (χ0n) is 11.8. The summed E-state index contributed by atoms with van der Waals surface area (Å²) in [5.74, 6) is 0.0130. The molecule has 0 saturated carbocycles. The lowest BCUT2D eigenvalue weighted by molar-refractivity contribution is -0.136. The average Bonchev–Trinajstić information content (AvgIpc) is 3.05. The maximum atomic E-state index is 12.5. The van der Waals surface area contributed by atoms with Gasteiger partial charge >= 0.3 is 0 Å². The van der Waals surface area contributed by atoms with E-state index in [0.717, 1.165) is 38.9 Å². The Bertz CT molecular complexity index is 327. The summed E-state index contributed by atoms with van der Waals surface area (Å²) in [5, 5.41) is 6.19. The number of carbonyl (C=O) groups is 2. The number of amides is 2. The van der Waals surface area contributed by atoms with E-state index in [0.29, 0.717) is 19.0 Å². The van der Waals surface area contributed by atoms with Gasteiger partial charge in [-0.05, 0) is 25.8 Å². The fraction of sp³-hybridized carbons (Fsp3) is 0.857. The molecule has 2 atom stereocenters. The van der Waals surface area contributed by atoms with Crippen molar-refractivity contribution >= 4 is 11.8 Å². The van der Waals surface area contributed by atoms with E-state index in [9.17, 15) is 9.59 Å². The van der Waals surface area contributed by atoms with Crippen LogP contribution in [0.1, 0.15) is 39.0 Å². The van der Waals surface area contributed by atoms with E-state index in [1.807, 2.05) is 4.90 Å². The molecule has 0 spiro atoms. The van der Waals surface area contributed by atoms with E-state index >= 15 is 0 Å². The van der Waals surface area contributed by atoms with Gasteiger partial charge in [0.25, 0.3) is 0 Å². The van der Waals surface area contributed by atoms with Crippen LogP contribution in [0.15, 0.2) is 0 Å². The summed E-state index contributed by atoms with van der Waals surface area (Å²) in [5.41, 5.74) is 0. The maximum absolute atomic E-state index is 12.5. The van der Waals surface area contributed by atoms with Gasteiger partial charge in [-0.3, -0.25) is 9.59 Å². The number of unbranched alkanes of at least 4 members (excludes halogenated alkanes) is 1. The second-order valence-electron chi connectivity index (χ2n) is 5.64. The molecule has 0 radical (unpaired) electrons. The largest absolute Gasteiger partial charge is 0.355 e. The van der Waals surface area contributed by atoms with Gasteiger partial charge < -0.3 is 15.5 Å². The van der Waals surface area contributed by atoms with Crippen LogP contribution in [0.2, 0.25) is 0 Å². The van der Waals surface area contributed by atoms with Crippen molar-refractivity contribution in [2.45, 2.75) is 45.1 Å². The molecule has 19 heavy (non-hydrogen) atoms. The molecule has 0 aromatic heterocycles. The lowest BCUT2D eigenvalue weighted by Gasteiger charge is -2.28. The van der Waals surface area contributed by atoms with Gasteiger partial charge in [0, 0.05) is 32.1 Å². The van der Waals surface area contributed by atoms with E-state index in [2.05, 4.69) is 17.6 Å². The van der Waals surface area contributed by atoms with Crippen LogP contribution in [-0.2, 0) is 9.59 Å². The molecule has 108 valence electrons. The molecule has 2 heterocycles. The fourth-order valence-corrected chi connectivity index (χ4v) is 2.86. The summed E-state index contributed by atoms with van der Waals surface area (Å²) in [6.45, 7) is 5.32. The summed E-state index contributed by atoms with van der Waals surface area (Å²) in [6.07, 6.45) is 4.83. The number of rotatable bonds is 6. The molecule has 2 aliphatic rings. The third-order valence-corrected chi connectivity index (χ3v) is 4.02. The Labute approximate surface area is 115 Å². The van der Waals surface area contributed by atoms with Gasteiger partial charge in [0.2, 0.25) is 11.8 Å². The minimum atomic E-state index is -0.147. The maximum Gasteiger partial charge on any atom is 0.228 e. The van der Waals surface area contributed by atoms with Gasteiger partial charge in [-0.25, -0.2) is 0 Å². The SMILES string of the molecule is CCCCN(CC1CCCN1)C(=O)C1CNC(=O)C1. The minimum Gasteiger partial charge on any atom is -0.355 e. The lowest BCUT2D eigenvalue weighted by Crippen LogP contribution is -2.44. The van der Waals surface area contributed by atoms with E-state index in [4.69, 9.17) is 0 Å². The van der Waals surface area contributed by atoms with Gasteiger partial charge in [-0.2, -0.15) is 0 Å². The second-order valence-corrected chi connectivity index (χ2v) is 5.64. The standard InChI is InChI=1S/C14H25N3O2/c1-2-3-7-17(10-12-5-4-6-15-12)14(19)11-8-13(18)16-9-11/h11-12,15H,2-10H2,1H3,(H,16,18). The normalized spacial score (nSPS) is 26.5. The average molecular weight is 267 g/mol. The first-order valence-electron chi connectivity index (χ1n) is 7.49. The number of hydrogen-bond acceptors (Lipinski definition) is 3. The fourth-order valence-electron chi connectivity index (χ4n) is 2.86. The van der Waals surface area contributed by atoms with Crippen LogP contribution in [0.5, 0.6) is 0 Å². The van der Waals surface area contributed by atoms with Crippen LogP contribution >= 0.6 is 0 Å². The van der Waals surface area contributed by atoms with Crippen LogP contribution in [0.25, 0.3) is 0 Å². The molecule has 5 heteroatoms. The van der Waals surface area contributed by atoms with Crippen molar-refractivity contribution in [2.75, 3.05) is 26.2 Å². The number of nitrogens with zero attached hydrogens (tertiary/aromatic N) is 1. The Morgan fingerprint density at radius 3 is 2.89 bits per heavy atom. The van der Waals surface area contributed by atoms with Gasteiger partial charge in [0.05, 0.1) is 5.92 Å². The van der Waals surface area contributed by atoms with Gasteiger partial charge in [0.1, 0.15) is 0 Å². The van der Waals surface area contributed by atoms with Gasteiger partial charge in [-0.1, -0.05) is 13.3 Å². The molecule has 2 N–H and O–H groups in total. The Kier molecular flexibility index (Phi) is 5.19. The summed E-state index contributed by atoms with van der Waals surface area (Å²) in [7, 11) is 0. The highest BCUT2D eigenvalue weighted by molar-refractivity contribution is 5.89. The van der Waals surface area contributed by atoms with Crippen LogP contribution in [0, 0.1) is 5.92 Å². The molecule has 0 aliphatic carbocycles. The lowest BCUT2D eigenvalue weighted by atomic mass is 10.1. The Hall–Kier alpha value is -1.10. The molecule has 2 fully saturated rings. The van der Waals surface area contributed by atoms with E-state index in [1.54, 1.807) is 0 Å². The van der Waals surface area contributed by atoms with E-state index in [1.165, 1.54) is 6.42 Å². The molecule has 2 rings (SSSR count). The number of carbonyl (C=O) groups excluding carboxylic acids is 2. The van der Waals surface area contributed by atoms with E-state index in [-0.39, 0.29) is 17.7 Å². The Balaban J connectivity index is 1.90. The summed E-state index contributed by atoms with van der Waals surface area (Å²) >= 11 is 0. The highest BCUT2D eigenvalue weighted by atomic mass is 16.2. The number of nitrogens with one attached hydrogen (secondary N) is 2. The van der Waals surface area contributed by atoms with Gasteiger partial charge in [-0.15, -0.1) is 0 Å². The first kappa shape index (κ1) is 14.3. The summed E-state index contributed by atoms with van der Waals surface area (Å²) in [6, 6.07) is 0.436. The van der Waals surface area contributed by atoms with Crippen molar-refractivity contribution in [2.24, 2.45) is 5.92 Å². The monoisotopic (exact) mass is 267 g/mol. The molecule has 0 bridgehead atoms. The first-order chi connectivity index (χ1) is 9.20. The van der Waals surface area contributed by atoms with Crippen LogP contribution in [0.3, 0.4) is 0 Å². The predicted octanol–water partition coefficient (Wildman–Crippen LogP) is 0.503. The van der Waals surface area contributed by atoms with Crippen molar-refractivity contribution in [3.63, 3.8) is 0 Å². The zero-order chi connectivity index (χ0) is 13.7. The quantitative estimate of drug-likeness (QED) is 0.737. The molecular weight excluding hydrogens is 242 g/mol. The van der Waals surface area contributed by atoms with Crippen LogP contribution in [0.4, 0.5) is 0 Å². The van der Waals surface area contributed by atoms with E-state index < -0.39 is 0 Å². The van der Waals surface area contributed by atoms with Crippen molar-refractivity contribution in [3.8, 4) is 0 Å². The van der Waals surface area contributed by atoms with Crippen molar-refractivity contribution in [1.29, 1.82) is 0 Å². The second kappa shape index (κ2) is 6.89. The third-order valence-electron chi connectivity index (χ3n) is 4.02. The molecular formula is C14H25N3O2. The highest BCUT2D eigenvalue weighted by Crippen LogP contribution is 2.15. The molecule has 2 amide bonds. The minimum absolute atomic E-state index is 0.00721. The van der Waals surface area contributed by atoms with Crippen molar-refractivity contribution < 1.29 is 9.59 Å². The smallest absolute Gasteiger partial charge is 0.228 e. The summed E-state index contributed by atoms with van der Waals surface area (Å²) < 4.78 is 0. The summed E-state index contributed by atoms with van der Waals surface area (Å²) in [4.78, 5) is 25.7.